The van der Waals surface area contributed by atoms with E-state index >= 15 is 0 Å². The van der Waals surface area contributed by atoms with Crippen LogP contribution in [0.1, 0.15) is 27.0 Å². The zero-order valence-electron chi connectivity index (χ0n) is 16.6. The van der Waals surface area contributed by atoms with Gasteiger partial charge in [0, 0.05) is 22.8 Å². The number of anilines is 1. The number of halogens is 1. The highest BCUT2D eigenvalue weighted by Crippen LogP contribution is 2.20. The summed E-state index contributed by atoms with van der Waals surface area (Å²) in [4.78, 5) is 30.5. The molecule has 0 aliphatic heterocycles. The van der Waals surface area contributed by atoms with Gasteiger partial charge in [0.15, 0.2) is 0 Å². The van der Waals surface area contributed by atoms with Crippen LogP contribution in [0.5, 0.6) is 0 Å². The third-order valence-electron chi connectivity index (χ3n) is 5.23. The molecule has 0 atom stereocenters. The van der Waals surface area contributed by atoms with E-state index in [1.807, 2.05) is 26.0 Å². The van der Waals surface area contributed by atoms with Gasteiger partial charge in [-0.25, -0.2) is 9.37 Å². The van der Waals surface area contributed by atoms with E-state index in [0.717, 1.165) is 11.1 Å². The van der Waals surface area contributed by atoms with Crippen LogP contribution in [0.25, 0.3) is 11.0 Å². The fourth-order valence-electron chi connectivity index (χ4n) is 3.39. The highest BCUT2D eigenvalue weighted by molar-refractivity contribution is 6.06. The molecular formula is C24H20FN3O2. The normalized spacial score (nSPS) is 10.9. The minimum absolute atomic E-state index is 0.0206. The molecule has 4 aromatic rings. The number of aryl methyl sites for hydroxylation is 1. The number of carbonyl (C=O) groups is 1. The van der Waals surface area contributed by atoms with Crippen molar-refractivity contribution in [1.29, 1.82) is 0 Å². The minimum Gasteiger partial charge on any atom is -0.322 e. The summed E-state index contributed by atoms with van der Waals surface area (Å²) >= 11 is 0. The Morgan fingerprint density at radius 3 is 2.67 bits per heavy atom. The Labute approximate surface area is 172 Å². The number of nitrogens with one attached hydrogen (secondary N) is 1. The lowest BCUT2D eigenvalue weighted by Gasteiger charge is -2.14. The highest BCUT2D eigenvalue weighted by Gasteiger charge is 2.18. The summed E-state index contributed by atoms with van der Waals surface area (Å²) in [6.45, 7) is 3.84. The van der Waals surface area contributed by atoms with E-state index < -0.39 is 17.3 Å². The zero-order valence-corrected chi connectivity index (χ0v) is 16.6. The van der Waals surface area contributed by atoms with Crippen LogP contribution >= 0.6 is 0 Å². The predicted octanol–water partition coefficient (Wildman–Crippen LogP) is 4.45. The molecule has 2 aromatic carbocycles. The summed E-state index contributed by atoms with van der Waals surface area (Å²) in [7, 11) is 0. The summed E-state index contributed by atoms with van der Waals surface area (Å²) in [5.41, 5.74) is 2.81. The number of nitrogens with zero attached hydrogens (tertiary/aromatic N) is 2. The van der Waals surface area contributed by atoms with E-state index in [1.165, 1.54) is 16.7 Å². The Kier molecular flexibility index (Phi) is 5.14. The van der Waals surface area contributed by atoms with Crippen LogP contribution in [0.4, 0.5) is 10.1 Å². The molecule has 5 nitrogen and oxygen atoms in total. The predicted molar refractivity (Wildman–Crippen MR) is 115 cm³/mol. The molecule has 4 rings (SSSR count). The van der Waals surface area contributed by atoms with Crippen molar-refractivity contribution in [3.63, 3.8) is 0 Å². The molecule has 0 aliphatic rings. The van der Waals surface area contributed by atoms with E-state index in [-0.39, 0.29) is 12.1 Å². The quantitative estimate of drug-likeness (QED) is 0.549. The average molecular weight is 401 g/mol. The second kappa shape index (κ2) is 7.91. The molecule has 0 unspecified atom stereocenters. The van der Waals surface area contributed by atoms with Crippen molar-refractivity contribution in [2.45, 2.75) is 20.4 Å². The van der Waals surface area contributed by atoms with E-state index in [1.54, 1.807) is 42.6 Å². The van der Waals surface area contributed by atoms with Crippen LogP contribution in [-0.4, -0.2) is 15.5 Å². The smallest absolute Gasteiger partial charge is 0.265 e. The van der Waals surface area contributed by atoms with Gasteiger partial charge in [0.25, 0.3) is 11.5 Å². The number of rotatable bonds is 4. The monoisotopic (exact) mass is 401 g/mol. The fraction of sp³-hybridized carbons (Fsp3) is 0.125. The molecule has 0 aliphatic carbocycles. The second-order valence-corrected chi connectivity index (χ2v) is 7.16. The molecule has 0 saturated carbocycles. The summed E-state index contributed by atoms with van der Waals surface area (Å²) in [6.07, 6.45) is 1.56. The van der Waals surface area contributed by atoms with E-state index in [0.29, 0.717) is 22.3 Å². The molecule has 2 aromatic heterocycles. The molecule has 0 fully saturated rings. The van der Waals surface area contributed by atoms with Crippen LogP contribution in [0.15, 0.2) is 71.7 Å². The molecule has 2 heterocycles. The first-order valence-corrected chi connectivity index (χ1v) is 9.55. The largest absolute Gasteiger partial charge is 0.322 e. The lowest BCUT2D eigenvalue weighted by atomic mass is 10.1. The molecule has 0 saturated heterocycles. The standard InChI is InChI=1S/C24H20FN3O2/c1-15-7-5-11-21(16(15)2)27-23(29)19-13-17-9-6-12-26-22(17)28(24(19)30)14-18-8-3-4-10-20(18)25/h3-13H,14H2,1-2H3,(H,27,29). The van der Waals surface area contributed by atoms with Crippen molar-refractivity contribution in [2.75, 3.05) is 5.32 Å². The Bertz CT molecular complexity index is 1330. The van der Waals surface area contributed by atoms with Gasteiger partial charge in [-0.3, -0.25) is 14.2 Å². The van der Waals surface area contributed by atoms with Gasteiger partial charge >= 0.3 is 0 Å². The average Bonchev–Trinajstić information content (AvgIpc) is 2.74. The van der Waals surface area contributed by atoms with Crippen LogP contribution in [0.2, 0.25) is 0 Å². The van der Waals surface area contributed by atoms with Gasteiger partial charge < -0.3 is 5.32 Å². The molecule has 0 radical (unpaired) electrons. The van der Waals surface area contributed by atoms with Gasteiger partial charge in [-0.1, -0.05) is 30.3 Å². The first-order chi connectivity index (χ1) is 14.5. The topological polar surface area (TPSA) is 64.0 Å². The SMILES string of the molecule is Cc1cccc(NC(=O)c2cc3cccnc3n(Cc3ccccc3F)c2=O)c1C. The van der Waals surface area contributed by atoms with Gasteiger partial charge in [-0.15, -0.1) is 0 Å². The molecular weight excluding hydrogens is 381 g/mol. The van der Waals surface area contributed by atoms with Gasteiger partial charge in [0.1, 0.15) is 17.0 Å². The third-order valence-corrected chi connectivity index (χ3v) is 5.23. The molecule has 0 bridgehead atoms. The summed E-state index contributed by atoms with van der Waals surface area (Å²) < 4.78 is 15.6. The molecule has 150 valence electrons. The number of carbonyl (C=O) groups excluding carboxylic acids is 1. The van der Waals surface area contributed by atoms with Crippen LogP contribution in [0, 0.1) is 19.7 Å². The first kappa shape index (κ1) is 19.5. The molecule has 0 spiro atoms. The van der Waals surface area contributed by atoms with Crippen molar-refractivity contribution in [1.82, 2.24) is 9.55 Å². The van der Waals surface area contributed by atoms with Gasteiger partial charge in [0.05, 0.1) is 6.54 Å². The Morgan fingerprint density at radius 1 is 1.07 bits per heavy atom. The summed E-state index contributed by atoms with van der Waals surface area (Å²) in [6, 6.07) is 16.9. The number of fused-ring (bicyclic) bond motifs is 1. The van der Waals surface area contributed by atoms with Crippen molar-refractivity contribution in [2.24, 2.45) is 0 Å². The molecule has 1 N–H and O–H groups in total. The summed E-state index contributed by atoms with van der Waals surface area (Å²) in [5.74, 6) is -0.930. The van der Waals surface area contributed by atoms with Crippen molar-refractivity contribution >= 4 is 22.6 Å². The van der Waals surface area contributed by atoms with Crippen molar-refractivity contribution in [3.8, 4) is 0 Å². The van der Waals surface area contributed by atoms with Crippen LogP contribution in [0.3, 0.4) is 0 Å². The van der Waals surface area contributed by atoms with Crippen LogP contribution < -0.4 is 10.9 Å². The zero-order chi connectivity index (χ0) is 21.3. The van der Waals surface area contributed by atoms with Crippen molar-refractivity contribution in [3.05, 3.63) is 105 Å². The number of pyridine rings is 2. The molecule has 6 heteroatoms. The Hall–Kier alpha value is -3.80. The number of hydrogen-bond donors (Lipinski definition) is 1. The maximum Gasteiger partial charge on any atom is 0.265 e. The minimum atomic E-state index is -0.521. The molecule has 1 amide bonds. The lowest BCUT2D eigenvalue weighted by Crippen LogP contribution is -2.30. The molecule has 30 heavy (non-hydrogen) atoms. The first-order valence-electron chi connectivity index (χ1n) is 9.55. The van der Waals surface area contributed by atoms with E-state index in [2.05, 4.69) is 10.3 Å². The Balaban J connectivity index is 1.82. The summed E-state index contributed by atoms with van der Waals surface area (Å²) in [5, 5.41) is 3.45. The third kappa shape index (κ3) is 3.59. The van der Waals surface area contributed by atoms with Gasteiger partial charge in [0.2, 0.25) is 0 Å². The maximum atomic E-state index is 14.2. The Morgan fingerprint density at radius 2 is 1.87 bits per heavy atom. The van der Waals surface area contributed by atoms with Gasteiger partial charge in [-0.05, 0) is 55.3 Å². The second-order valence-electron chi connectivity index (χ2n) is 7.16. The van der Waals surface area contributed by atoms with Crippen molar-refractivity contribution < 1.29 is 9.18 Å². The van der Waals surface area contributed by atoms with E-state index in [9.17, 15) is 14.0 Å². The number of benzene rings is 2. The lowest BCUT2D eigenvalue weighted by molar-refractivity contribution is 0.102. The highest BCUT2D eigenvalue weighted by atomic mass is 19.1. The van der Waals surface area contributed by atoms with E-state index in [4.69, 9.17) is 0 Å². The van der Waals surface area contributed by atoms with Gasteiger partial charge in [-0.2, -0.15) is 0 Å². The van der Waals surface area contributed by atoms with Crippen LogP contribution in [-0.2, 0) is 6.54 Å². The number of amides is 1. The fourth-order valence-corrected chi connectivity index (χ4v) is 3.39. The number of aromatic nitrogens is 2. The maximum absolute atomic E-state index is 14.2. The number of hydrogen-bond acceptors (Lipinski definition) is 3.